The molecule has 3 rings (SSSR count). The van der Waals surface area contributed by atoms with Crippen LogP contribution in [0.2, 0.25) is 0 Å². The van der Waals surface area contributed by atoms with Gasteiger partial charge in [-0.15, -0.1) is 0 Å². The largest absolute Gasteiger partial charge is 0.493 e. The zero-order valence-electron chi connectivity index (χ0n) is 19.7. The standard InChI is InChI=1S/C23H30FN3O6S/c1-26(2)20(16-6-5-7-17(24)12-16)15-25-23(28)19-13-18(14-21(31-3)22(19)32-4)34(29,30)27-8-10-33-11-9-27/h5-7,12-14,20H,8-11,15H2,1-4H3,(H,25,28)/t20-/m1/s1. The van der Waals surface area contributed by atoms with Crippen molar-refractivity contribution in [1.82, 2.24) is 14.5 Å². The molecule has 11 heteroatoms. The van der Waals surface area contributed by atoms with Gasteiger partial charge in [0.2, 0.25) is 10.0 Å². The molecule has 0 aliphatic carbocycles. The lowest BCUT2D eigenvalue weighted by Crippen LogP contribution is -2.40. The highest BCUT2D eigenvalue weighted by atomic mass is 32.2. The van der Waals surface area contributed by atoms with E-state index in [1.165, 1.54) is 42.8 Å². The van der Waals surface area contributed by atoms with Crippen molar-refractivity contribution in [3.8, 4) is 11.5 Å². The number of rotatable bonds is 9. The lowest BCUT2D eigenvalue weighted by molar-refractivity contribution is 0.0730. The Labute approximate surface area is 199 Å². The van der Waals surface area contributed by atoms with Crippen molar-refractivity contribution in [2.45, 2.75) is 10.9 Å². The minimum atomic E-state index is -3.88. The van der Waals surface area contributed by atoms with Gasteiger partial charge in [-0.3, -0.25) is 4.79 Å². The zero-order chi connectivity index (χ0) is 24.9. The van der Waals surface area contributed by atoms with Crippen LogP contribution in [0.3, 0.4) is 0 Å². The fourth-order valence-electron chi connectivity index (χ4n) is 3.79. The highest BCUT2D eigenvalue weighted by molar-refractivity contribution is 7.89. The molecule has 0 radical (unpaired) electrons. The molecule has 186 valence electrons. The molecule has 0 bridgehead atoms. The summed E-state index contributed by atoms with van der Waals surface area (Å²) in [5.41, 5.74) is 0.712. The Morgan fingerprint density at radius 2 is 1.88 bits per heavy atom. The van der Waals surface area contributed by atoms with E-state index >= 15 is 0 Å². The number of methoxy groups -OCH3 is 2. The molecule has 9 nitrogen and oxygen atoms in total. The molecular formula is C23H30FN3O6S. The number of amides is 1. The van der Waals surface area contributed by atoms with E-state index in [2.05, 4.69) is 5.32 Å². The molecular weight excluding hydrogens is 465 g/mol. The van der Waals surface area contributed by atoms with Crippen LogP contribution in [0.25, 0.3) is 0 Å². The van der Waals surface area contributed by atoms with Gasteiger partial charge in [-0.2, -0.15) is 4.31 Å². The monoisotopic (exact) mass is 495 g/mol. The van der Waals surface area contributed by atoms with E-state index < -0.39 is 15.9 Å². The Bertz CT molecular complexity index is 1120. The molecule has 34 heavy (non-hydrogen) atoms. The third-order valence-electron chi connectivity index (χ3n) is 5.62. The molecule has 1 amide bonds. The number of ether oxygens (including phenoxy) is 3. The van der Waals surface area contributed by atoms with E-state index in [0.717, 1.165) is 0 Å². The van der Waals surface area contributed by atoms with Crippen molar-refractivity contribution >= 4 is 15.9 Å². The summed E-state index contributed by atoms with van der Waals surface area (Å²) in [5, 5.41) is 2.82. The van der Waals surface area contributed by atoms with Gasteiger partial charge in [0.1, 0.15) is 5.82 Å². The first-order chi connectivity index (χ1) is 16.2. The number of carbonyl (C=O) groups is 1. The van der Waals surface area contributed by atoms with Gasteiger partial charge < -0.3 is 24.4 Å². The van der Waals surface area contributed by atoms with Crippen LogP contribution < -0.4 is 14.8 Å². The quantitative estimate of drug-likeness (QED) is 0.568. The Balaban J connectivity index is 1.92. The second-order valence-electron chi connectivity index (χ2n) is 7.97. The van der Waals surface area contributed by atoms with Gasteiger partial charge in [-0.05, 0) is 37.9 Å². The number of hydrogen-bond donors (Lipinski definition) is 1. The van der Waals surface area contributed by atoms with Crippen molar-refractivity contribution in [3.05, 3.63) is 53.3 Å². The van der Waals surface area contributed by atoms with E-state index in [0.29, 0.717) is 18.8 Å². The molecule has 1 saturated heterocycles. The number of nitrogens with one attached hydrogen (secondary N) is 1. The summed E-state index contributed by atoms with van der Waals surface area (Å²) in [4.78, 5) is 15.0. The van der Waals surface area contributed by atoms with Crippen molar-refractivity contribution in [1.29, 1.82) is 0 Å². The normalized spacial score (nSPS) is 15.7. The van der Waals surface area contributed by atoms with E-state index in [1.807, 2.05) is 19.0 Å². The number of carbonyl (C=O) groups excluding carboxylic acids is 1. The highest BCUT2D eigenvalue weighted by Crippen LogP contribution is 2.35. The molecule has 0 unspecified atom stereocenters. The smallest absolute Gasteiger partial charge is 0.255 e. The minimum absolute atomic E-state index is 0.0189. The van der Waals surface area contributed by atoms with Crippen LogP contribution in [0.1, 0.15) is 22.0 Å². The maximum atomic E-state index is 13.7. The highest BCUT2D eigenvalue weighted by Gasteiger charge is 2.30. The number of hydrogen-bond acceptors (Lipinski definition) is 7. The van der Waals surface area contributed by atoms with Crippen LogP contribution in [0.15, 0.2) is 41.3 Å². The van der Waals surface area contributed by atoms with Crippen molar-refractivity contribution in [2.24, 2.45) is 0 Å². The molecule has 2 aromatic rings. The topological polar surface area (TPSA) is 97.4 Å². The van der Waals surface area contributed by atoms with Crippen molar-refractivity contribution < 1.29 is 31.8 Å². The van der Waals surface area contributed by atoms with Crippen LogP contribution in [0.5, 0.6) is 11.5 Å². The van der Waals surface area contributed by atoms with Gasteiger partial charge >= 0.3 is 0 Å². The number of nitrogens with zero attached hydrogens (tertiary/aromatic N) is 2. The summed E-state index contributed by atoms with van der Waals surface area (Å²) < 4.78 is 57.4. The van der Waals surface area contributed by atoms with Crippen LogP contribution in [-0.4, -0.2) is 84.7 Å². The number of benzene rings is 2. The maximum Gasteiger partial charge on any atom is 0.255 e. The fourth-order valence-corrected chi connectivity index (χ4v) is 5.24. The lowest BCUT2D eigenvalue weighted by atomic mass is 10.1. The second kappa shape index (κ2) is 11.1. The molecule has 1 heterocycles. The van der Waals surface area contributed by atoms with E-state index in [1.54, 1.807) is 12.1 Å². The number of sulfonamides is 1. The summed E-state index contributed by atoms with van der Waals surface area (Å²) in [6.45, 7) is 1.19. The SMILES string of the molecule is COc1cc(S(=O)(=O)N2CCOCC2)cc(C(=O)NC[C@H](c2cccc(F)c2)N(C)C)c1OC. The van der Waals surface area contributed by atoms with Gasteiger partial charge in [0.25, 0.3) is 5.91 Å². The molecule has 2 aromatic carbocycles. The first kappa shape index (κ1) is 25.9. The van der Waals surface area contributed by atoms with Gasteiger partial charge in [0, 0.05) is 25.7 Å². The van der Waals surface area contributed by atoms with E-state index in [-0.39, 0.29) is 53.5 Å². The average molecular weight is 496 g/mol. The first-order valence-corrected chi connectivity index (χ1v) is 12.2. The fraction of sp³-hybridized carbons (Fsp3) is 0.435. The minimum Gasteiger partial charge on any atom is -0.493 e. The summed E-state index contributed by atoms with van der Waals surface area (Å²) in [6, 6.07) is 8.47. The Morgan fingerprint density at radius 1 is 1.18 bits per heavy atom. The van der Waals surface area contributed by atoms with Crippen LogP contribution in [-0.2, 0) is 14.8 Å². The van der Waals surface area contributed by atoms with E-state index in [9.17, 15) is 17.6 Å². The Hall–Kier alpha value is -2.73. The van der Waals surface area contributed by atoms with Crippen LogP contribution in [0, 0.1) is 5.82 Å². The predicted octanol–water partition coefficient (Wildman–Crippen LogP) is 1.90. The third kappa shape index (κ3) is 5.66. The molecule has 1 fully saturated rings. The molecule has 0 saturated carbocycles. The van der Waals surface area contributed by atoms with Crippen LogP contribution >= 0.6 is 0 Å². The first-order valence-electron chi connectivity index (χ1n) is 10.7. The van der Waals surface area contributed by atoms with Crippen LogP contribution in [0.4, 0.5) is 4.39 Å². The Morgan fingerprint density at radius 3 is 2.47 bits per heavy atom. The zero-order valence-corrected chi connectivity index (χ0v) is 20.5. The van der Waals surface area contributed by atoms with Gasteiger partial charge in [-0.25, -0.2) is 12.8 Å². The van der Waals surface area contributed by atoms with Gasteiger partial charge in [-0.1, -0.05) is 12.1 Å². The maximum absolute atomic E-state index is 13.7. The molecule has 0 aromatic heterocycles. The second-order valence-corrected chi connectivity index (χ2v) is 9.91. The Kier molecular flexibility index (Phi) is 8.47. The number of morpholine rings is 1. The van der Waals surface area contributed by atoms with Gasteiger partial charge in [0.15, 0.2) is 11.5 Å². The third-order valence-corrected chi connectivity index (χ3v) is 7.49. The lowest BCUT2D eigenvalue weighted by Gasteiger charge is -2.27. The summed E-state index contributed by atoms with van der Waals surface area (Å²) in [6.07, 6.45) is 0. The molecule has 0 spiro atoms. The summed E-state index contributed by atoms with van der Waals surface area (Å²) in [7, 11) is 2.51. The molecule has 1 aliphatic heterocycles. The number of likely N-dealkylation sites (N-methyl/N-ethyl adjacent to an activating group) is 1. The summed E-state index contributed by atoms with van der Waals surface area (Å²) in [5.74, 6) is -0.676. The van der Waals surface area contributed by atoms with Crippen molar-refractivity contribution in [3.63, 3.8) is 0 Å². The molecule has 1 N–H and O–H groups in total. The predicted molar refractivity (Wildman–Crippen MR) is 124 cm³/mol. The van der Waals surface area contributed by atoms with E-state index in [4.69, 9.17) is 14.2 Å². The van der Waals surface area contributed by atoms with Gasteiger partial charge in [0.05, 0.1) is 43.9 Å². The number of halogens is 1. The molecule has 1 atom stereocenters. The summed E-state index contributed by atoms with van der Waals surface area (Å²) >= 11 is 0. The molecule has 1 aliphatic rings. The average Bonchev–Trinajstić information content (AvgIpc) is 2.83. The van der Waals surface area contributed by atoms with Crippen molar-refractivity contribution in [2.75, 3.05) is 61.2 Å².